The summed E-state index contributed by atoms with van der Waals surface area (Å²) >= 11 is 1.23. The number of hydrogen-bond acceptors (Lipinski definition) is 4. The van der Waals surface area contributed by atoms with Crippen molar-refractivity contribution in [3.05, 3.63) is 106 Å². The van der Waals surface area contributed by atoms with Crippen molar-refractivity contribution in [1.29, 1.82) is 0 Å². The molecule has 4 nitrogen and oxygen atoms in total. The molecule has 0 N–H and O–H groups in total. The van der Waals surface area contributed by atoms with Crippen LogP contribution < -0.4 is 5.56 Å². The maximum atomic E-state index is 13.2. The maximum absolute atomic E-state index is 13.2. The topological polar surface area (TPSA) is 52.0 Å². The lowest BCUT2D eigenvalue weighted by atomic mass is 10.2. The summed E-state index contributed by atoms with van der Waals surface area (Å²) in [7, 11) is 0. The van der Waals surface area contributed by atoms with E-state index in [1.165, 1.54) is 23.9 Å². The number of benzene rings is 3. The van der Waals surface area contributed by atoms with Gasteiger partial charge in [0.2, 0.25) is 0 Å². The molecule has 0 bridgehead atoms. The van der Waals surface area contributed by atoms with Crippen molar-refractivity contribution < 1.29 is 9.18 Å². The molecule has 29 heavy (non-hydrogen) atoms. The number of Topliss-reactive ketones (excluding diaryl/α,β-unsaturated/α-hetero) is 1. The molecule has 0 unspecified atom stereocenters. The van der Waals surface area contributed by atoms with Gasteiger partial charge in [0.25, 0.3) is 5.56 Å². The van der Waals surface area contributed by atoms with Crippen LogP contribution in [0.4, 0.5) is 4.39 Å². The molecule has 0 aliphatic rings. The summed E-state index contributed by atoms with van der Waals surface area (Å²) in [5, 5.41) is 0.968. The molecule has 0 aliphatic heterocycles. The Balaban J connectivity index is 1.70. The van der Waals surface area contributed by atoms with Gasteiger partial charge in [0.1, 0.15) is 5.82 Å². The van der Waals surface area contributed by atoms with Gasteiger partial charge in [-0.2, -0.15) is 0 Å². The quantitative estimate of drug-likeness (QED) is 0.269. The molecule has 6 heteroatoms. The van der Waals surface area contributed by atoms with E-state index in [4.69, 9.17) is 0 Å². The van der Waals surface area contributed by atoms with Crippen LogP contribution in [-0.4, -0.2) is 21.1 Å². The predicted molar refractivity (Wildman–Crippen MR) is 113 cm³/mol. The first-order valence-electron chi connectivity index (χ1n) is 9.07. The molecule has 4 rings (SSSR count). The number of fused-ring (bicyclic) bond motifs is 1. The Labute approximate surface area is 171 Å². The molecule has 0 aliphatic carbocycles. The number of thioether (sulfide) groups is 1. The van der Waals surface area contributed by atoms with E-state index in [-0.39, 0.29) is 29.5 Å². The molecule has 0 amide bonds. The number of ketones is 1. The average molecular weight is 404 g/mol. The molecule has 4 aromatic rings. The Bertz CT molecular complexity index is 1220. The Hall–Kier alpha value is -3.25. The van der Waals surface area contributed by atoms with Gasteiger partial charge in [-0.15, -0.1) is 0 Å². The van der Waals surface area contributed by atoms with Gasteiger partial charge in [-0.25, -0.2) is 9.37 Å². The lowest BCUT2D eigenvalue weighted by Gasteiger charge is -2.13. The molecule has 144 valence electrons. The van der Waals surface area contributed by atoms with Crippen LogP contribution in [0.25, 0.3) is 10.9 Å². The third-order valence-corrected chi connectivity index (χ3v) is 5.49. The molecule has 1 aromatic heterocycles. The molecule has 0 atom stereocenters. The molecule has 1 heterocycles. The van der Waals surface area contributed by atoms with Crippen molar-refractivity contribution >= 4 is 28.4 Å². The van der Waals surface area contributed by atoms with Crippen LogP contribution in [0.3, 0.4) is 0 Å². The van der Waals surface area contributed by atoms with Crippen LogP contribution in [0.2, 0.25) is 0 Å². The molecule has 0 saturated carbocycles. The predicted octanol–water partition coefficient (Wildman–Crippen LogP) is 4.56. The van der Waals surface area contributed by atoms with Crippen molar-refractivity contribution in [3.63, 3.8) is 0 Å². The zero-order valence-corrected chi connectivity index (χ0v) is 16.2. The molecule has 0 saturated heterocycles. The van der Waals surface area contributed by atoms with Gasteiger partial charge in [0, 0.05) is 5.56 Å². The van der Waals surface area contributed by atoms with E-state index < -0.39 is 0 Å². The van der Waals surface area contributed by atoms with Gasteiger partial charge < -0.3 is 0 Å². The smallest absolute Gasteiger partial charge is 0.262 e. The van der Waals surface area contributed by atoms with Crippen molar-refractivity contribution in [1.82, 2.24) is 9.55 Å². The third kappa shape index (κ3) is 4.27. The van der Waals surface area contributed by atoms with Gasteiger partial charge in [0.15, 0.2) is 10.9 Å². The van der Waals surface area contributed by atoms with Crippen LogP contribution in [0, 0.1) is 5.82 Å². The van der Waals surface area contributed by atoms with E-state index in [2.05, 4.69) is 4.98 Å². The van der Waals surface area contributed by atoms with Crippen LogP contribution >= 0.6 is 11.8 Å². The third-order valence-electron chi connectivity index (χ3n) is 4.51. The number of hydrogen-bond donors (Lipinski definition) is 0. The van der Waals surface area contributed by atoms with Crippen LogP contribution in [0.5, 0.6) is 0 Å². The monoisotopic (exact) mass is 404 g/mol. The highest BCUT2D eigenvalue weighted by molar-refractivity contribution is 7.99. The first-order valence-corrected chi connectivity index (χ1v) is 10.1. The molecular weight excluding hydrogens is 387 g/mol. The number of para-hydroxylation sites is 1. The lowest BCUT2D eigenvalue weighted by molar-refractivity contribution is 0.102. The minimum Gasteiger partial charge on any atom is -0.293 e. The minimum absolute atomic E-state index is 0.0358. The summed E-state index contributed by atoms with van der Waals surface area (Å²) in [6.07, 6.45) is 0. The summed E-state index contributed by atoms with van der Waals surface area (Å²) in [5.74, 6) is -0.204. The fraction of sp³-hybridized carbons (Fsp3) is 0.0870. The van der Waals surface area contributed by atoms with Crippen LogP contribution in [0.1, 0.15) is 15.9 Å². The number of aromatic nitrogens is 2. The van der Waals surface area contributed by atoms with Gasteiger partial charge in [-0.3, -0.25) is 14.2 Å². The summed E-state index contributed by atoms with van der Waals surface area (Å²) in [4.78, 5) is 30.2. The summed E-state index contributed by atoms with van der Waals surface area (Å²) in [6.45, 7) is 0.249. The van der Waals surface area contributed by atoms with E-state index in [0.29, 0.717) is 21.6 Å². The first-order chi connectivity index (χ1) is 14.1. The van der Waals surface area contributed by atoms with Crippen molar-refractivity contribution in [3.8, 4) is 0 Å². The second-order valence-corrected chi connectivity index (χ2v) is 7.45. The normalized spacial score (nSPS) is 10.9. The van der Waals surface area contributed by atoms with Crippen LogP contribution in [0.15, 0.2) is 88.8 Å². The van der Waals surface area contributed by atoms with E-state index in [9.17, 15) is 14.0 Å². The fourth-order valence-corrected chi connectivity index (χ4v) is 3.90. The van der Waals surface area contributed by atoms with E-state index in [1.54, 1.807) is 47.0 Å². The van der Waals surface area contributed by atoms with Gasteiger partial charge in [-0.1, -0.05) is 66.4 Å². The number of nitrogens with zero attached hydrogens (tertiary/aromatic N) is 2. The van der Waals surface area contributed by atoms with Gasteiger partial charge in [-0.05, 0) is 29.8 Å². The average Bonchev–Trinajstić information content (AvgIpc) is 2.76. The lowest BCUT2D eigenvalue weighted by Crippen LogP contribution is -2.24. The second kappa shape index (κ2) is 8.41. The summed E-state index contributed by atoms with van der Waals surface area (Å²) in [6, 6.07) is 22.1. The van der Waals surface area contributed by atoms with E-state index >= 15 is 0 Å². The number of carbonyl (C=O) groups excluding carboxylic acids is 1. The van der Waals surface area contributed by atoms with Crippen molar-refractivity contribution in [2.45, 2.75) is 11.7 Å². The van der Waals surface area contributed by atoms with Crippen molar-refractivity contribution in [2.75, 3.05) is 5.75 Å². The fourth-order valence-electron chi connectivity index (χ4n) is 3.01. The SMILES string of the molecule is O=C(CSc1nc2ccccc2c(=O)n1Cc1ccc(F)cc1)c1ccccc1. The van der Waals surface area contributed by atoms with Gasteiger partial charge in [0.05, 0.1) is 23.2 Å². The van der Waals surface area contributed by atoms with Crippen molar-refractivity contribution in [2.24, 2.45) is 0 Å². The second-order valence-electron chi connectivity index (χ2n) is 6.51. The number of carbonyl (C=O) groups is 1. The highest BCUT2D eigenvalue weighted by atomic mass is 32.2. The molecular formula is C23H17FN2O2S. The first kappa shape index (κ1) is 19.1. The zero-order valence-electron chi connectivity index (χ0n) is 15.4. The number of halogens is 1. The molecule has 3 aromatic carbocycles. The number of rotatable bonds is 6. The van der Waals surface area contributed by atoms with Gasteiger partial charge >= 0.3 is 0 Å². The molecule has 0 fully saturated rings. The highest BCUT2D eigenvalue weighted by Crippen LogP contribution is 2.20. The van der Waals surface area contributed by atoms with E-state index in [0.717, 1.165) is 5.56 Å². The maximum Gasteiger partial charge on any atom is 0.262 e. The molecule has 0 radical (unpaired) electrons. The van der Waals surface area contributed by atoms with E-state index in [1.807, 2.05) is 24.3 Å². The summed E-state index contributed by atoms with van der Waals surface area (Å²) in [5.41, 5.74) is 1.80. The Morgan fingerprint density at radius 1 is 0.931 bits per heavy atom. The zero-order chi connectivity index (χ0) is 20.2. The highest BCUT2D eigenvalue weighted by Gasteiger charge is 2.14. The Morgan fingerprint density at radius 2 is 1.62 bits per heavy atom. The van der Waals surface area contributed by atoms with Crippen LogP contribution in [-0.2, 0) is 6.54 Å². The standard InChI is InChI=1S/C23H17FN2O2S/c24-18-12-10-16(11-13-18)14-26-22(28)19-8-4-5-9-20(19)25-23(26)29-15-21(27)17-6-2-1-3-7-17/h1-13H,14-15H2. The summed E-state index contributed by atoms with van der Waals surface area (Å²) < 4.78 is 14.8. The molecule has 0 spiro atoms. The minimum atomic E-state index is -0.333. The largest absolute Gasteiger partial charge is 0.293 e. The Morgan fingerprint density at radius 3 is 2.38 bits per heavy atom. The Kier molecular flexibility index (Phi) is 5.53.